The molecule has 3 nitrogen and oxygen atoms in total. The monoisotopic (exact) mass is 265 g/mol. The lowest BCUT2D eigenvalue weighted by Crippen LogP contribution is -2.26. The molecule has 0 aliphatic heterocycles. The predicted octanol–water partition coefficient (Wildman–Crippen LogP) is 3.60. The van der Waals surface area contributed by atoms with E-state index in [0.717, 1.165) is 0 Å². The van der Waals surface area contributed by atoms with Crippen molar-refractivity contribution in [2.75, 3.05) is 0 Å². The first-order chi connectivity index (χ1) is 9.74. The van der Waals surface area contributed by atoms with Gasteiger partial charge < -0.3 is 4.74 Å². The van der Waals surface area contributed by atoms with Crippen LogP contribution >= 0.6 is 0 Å². The molecule has 2 rings (SSSR count). The molecule has 0 amide bonds. The molecule has 1 unspecified atom stereocenters. The summed E-state index contributed by atoms with van der Waals surface area (Å²) >= 11 is 0. The molecule has 0 N–H and O–H groups in total. The number of rotatable bonds is 5. The van der Waals surface area contributed by atoms with Gasteiger partial charge in [-0.05, 0) is 24.6 Å². The van der Waals surface area contributed by atoms with Crippen LogP contribution in [-0.2, 0) is 0 Å². The molecule has 20 heavy (non-hydrogen) atoms. The van der Waals surface area contributed by atoms with Gasteiger partial charge in [0.25, 0.3) is 0 Å². The van der Waals surface area contributed by atoms with E-state index in [1.54, 1.807) is 36.4 Å². The van der Waals surface area contributed by atoms with Crippen LogP contribution in [0.4, 0.5) is 0 Å². The van der Waals surface area contributed by atoms with Crippen molar-refractivity contribution in [1.29, 1.82) is 5.26 Å². The van der Waals surface area contributed by atoms with E-state index in [4.69, 9.17) is 10.00 Å². The summed E-state index contributed by atoms with van der Waals surface area (Å²) in [6.45, 7) is 1.90. The van der Waals surface area contributed by atoms with E-state index in [2.05, 4.69) is 6.07 Å². The second kappa shape index (κ2) is 6.53. The third-order valence-electron chi connectivity index (χ3n) is 2.96. The SMILES string of the molecule is CCC(Oc1cccc(C#N)c1)C(=O)c1ccccc1. The van der Waals surface area contributed by atoms with Crippen LogP contribution in [0.2, 0.25) is 0 Å². The Kier molecular flexibility index (Phi) is 4.52. The van der Waals surface area contributed by atoms with E-state index in [0.29, 0.717) is 23.3 Å². The average molecular weight is 265 g/mol. The lowest BCUT2D eigenvalue weighted by atomic mass is 10.0. The van der Waals surface area contributed by atoms with Crippen molar-refractivity contribution in [1.82, 2.24) is 0 Å². The molecule has 0 aliphatic carbocycles. The molecule has 100 valence electrons. The zero-order valence-corrected chi connectivity index (χ0v) is 11.2. The van der Waals surface area contributed by atoms with Gasteiger partial charge in [-0.25, -0.2) is 0 Å². The molecule has 0 aliphatic rings. The van der Waals surface area contributed by atoms with Crippen molar-refractivity contribution in [3.8, 4) is 11.8 Å². The highest BCUT2D eigenvalue weighted by Crippen LogP contribution is 2.17. The number of benzene rings is 2. The molecule has 0 spiro atoms. The molecule has 0 bridgehead atoms. The largest absolute Gasteiger partial charge is 0.482 e. The van der Waals surface area contributed by atoms with E-state index in [9.17, 15) is 4.79 Å². The van der Waals surface area contributed by atoms with Crippen molar-refractivity contribution in [2.45, 2.75) is 19.4 Å². The number of ketones is 1. The van der Waals surface area contributed by atoms with E-state index in [1.165, 1.54) is 0 Å². The summed E-state index contributed by atoms with van der Waals surface area (Å²) in [5.41, 5.74) is 1.15. The van der Waals surface area contributed by atoms with Gasteiger partial charge >= 0.3 is 0 Å². The van der Waals surface area contributed by atoms with Crippen LogP contribution in [0.15, 0.2) is 54.6 Å². The number of nitriles is 1. The summed E-state index contributed by atoms with van der Waals surface area (Å²) in [6, 6.07) is 18.0. The van der Waals surface area contributed by atoms with E-state index < -0.39 is 6.10 Å². The van der Waals surface area contributed by atoms with Crippen LogP contribution in [0.1, 0.15) is 29.3 Å². The van der Waals surface area contributed by atoms with Crippen molar-refractivity contribution >= 4 is 5.78 Å². The number of hydrogen-bond donors (Lipinski definition) is 0. The zero-order chi connectivity index (χ0) is 14.4. The topological polar surface area (TPSA) is 50.1 Å². The Bertz CT molecular complexity index is 629. The van der Waals surface area contributed by atoms with Gasteiger partial charge in [0.15, 0.2) is 6.10 Å². The number of carbonyl (C=O) groups is 1. The Labute approximate surface area is 118 Å². The van der Waals surface area contributed by atoms with Crippen LogP contribution in [0.5, 0.6) is 5.75 Å². The van der Waals surface area contributed by atoms with Gasteiger partial charge in [0.2, 0.25) is 5.78 Å². The summed E-state index contributed by atoms with van der Waals surface area (Å²) in [5.74, 6) is 0.496. The summed E-state index contributed by atoms with van der Waals surface area (Å²) in [7, 11) is 0. The number of ether oxygens (including phenoxy) is 1. The smallest absolute Gasteiger partial charge is 0.203 e. The van der Waals surface area contributed by atoms with E-state index in [1.807, 2.05) is 25.1 Å². The Morgan fingerprint density at radius 1 is 1.20 bits per heavy atom. The predicted molar refractivity (Wildman–Crippen MR) is 76.6 cm³/mol. The van der Waals surface area contributed by atoms with Crippen LogP contribution in [0.3, 0.4) is 0 Å². The van der Waals surface area contributed by atoms with Gasteiger partial charge in [-0.2, -0.15) is 5.26 Å². The maximum absolute atomic E-state index is 12.3. The highest BCUT2D eigenvalue weighted by atomic mass is 16.5. The van der Waals surface area contributed by atoms with Gasteiger partial charge in [0.05, 0.1) is 11.6 Å². The van der Waals surface area contributed by atoms with Gasteiger partial charge in [-0.15, -0.1) is 0 Å². The van der Waals surface area contributed by atoms with Gasteiger partial charge in [0.1, 0.15) is 5.75 Å². The second-order valence-electron chi connectivity index (χ2n) is 4.38. The van der Waals surface area contributed by atoms with Gasteiger partial charge in [0, 0.05) is 5.56 Å². The number of Topliss-reactive ketones (excluding diaryl/α,β-unsaturated/α-hetero) is 1. The Morgan fingerprint density at radius 2 is 1.95 bits per heavy atom. The molecule has 0 saturated heterocycles. The molecule has 3 heteroatoms. The average Bonchev–Trinajstić information content (AvgIpc) is 2.53. The van der Waals surface area contributed by atoms with E-state index >= 15 is 0 Å². The number of carbonyl (C=O) groups excluding carboxylic acids is 1. The lowest BCUT2D eigenvalue weighted by Gasteiger charge is -2.16. The van der Waals surface area contributed by atoms with E-state index in [-0.39, 0.29) is 5.78 Å². The quantitative estimate of drug-likeness (QED) is 0.776. The maximum atomic E-state index is 12.3. The van der Waals surface area contributed by atoms with Crippen molar-refractivity contribution in [3.63, 3.8) is 0 Å². The lowest BCUT2D eigenvalue weighted by molar-refractivity contribution is 0.0786. The molecule has 0 fully saturated rings. The van der Waals surface area contributed by atoms with Crippen LogP contribution in [0.25, 0.3) is 0 Å². The molecular weight excluding hydrogens is 250 g/mol. The fraction of sp³-hybridized carbons (Fsp3) is 0.176. The molecule has 0 radical (unpaired) electrons. The third-order valence-corrected chi connectivity index (χ3v) is 2.96. The van der Waals surface area contributed by atoms with Crippen molar-refractivity contribution in [2.24, 2.45) is 0 Å². The highest BCUT2D eigenvalue weighted by molar-refractivity contribution is 5.99. The molecule has 2 aromatic rings. The van der Waals surface area contributed by atoms with Crippen molar-refractivity contribution in [3.05, 3.63) is 65.7 Å². The fourth-order valence-electron chi connectivity index (χ4n) is 1.91. The number of nitrogens with zero attached hydrogens (tertiary/aromatic N) is 1. The Morgan fingerprint density at radius 3 is 2.60 bits per heavy atom. The van der Waals surface area contributed by atoms with Gasteiger partial charge in [-0.1, -0.05) is 43.3 Å². The Hall–Kier alpha value is -2.60. The third kappa shape index (κ3) is 3.24. The van der Waals surface area contributed by atoms with Crippen molar-refractivity contribution < 1.29 is 9.53 Å². The second-order valence-corrected chi connectivity index (χ2v) is 4.38. The first-order valence-corrected chi connectivity index (χ1v) is 6.50. The summed E-state index contributed by atoms with van der Waals surface area (Å²) in [6.07, 6.45) is 0.0381. The Balaban J connectivity index is 2.17. The molecular formula is C17H15NO2. The first kappa shape index (κ1) is 13.8. The normalized spacial score (nSPS) is 11.4. The van der Waals surface area contributed by atoms with Crippen LogP contribution in [-0.4, -0.2) is 11.9 Å². The molecule has 0 saturated carbocycles. The standard InChI is InChI=1S/C17H15NO2/c1-2-16(17(19)14-8-4-3-5-9-14)20-15-10-6-7-13(11-15)12-18/h3-11,16H,2H2,1H3. The minimum atomic E-state index is -0.536. The van der Waals surface area contributed by atoms with Crippen LogP contribution < -0.4 is 4.74 Å². The molecule has 0 heterocycles. The fourth-order valence-corrected chi connectivity index (χ4v) is 1.91. The minimum absolute atomic E-state index is 0.0459. The zero-order valence-electron chi connectivity index (χ0n) is 11.2. The summed E-state index contributed by atoms with van der Waals surface area (Å²) in [5, 5.41) is 8.87. The molecule has 1 atom stereocenters. The minimum Gasteiger partial charge on any atom is -0.482 e. The summed E-state index contributed by atoms with van der Waals surface area (Å²) < 4.78 is 5.72. The van der Waals surface area contributed by atoms with Crippen LogP contribution in [0, 0.1) is 11.3 Å². The first-order valence-electron chi connectivity index (χ1n) is 6.50. The van der Waals surface area contributed by atoms with Gasteiger partial charge in [-0.3, -0.25) is 4.79 Å². The summed E-state index contributed by atoms with van der Waals surface area (Å²) in [4.78, 5) is 12.3. The number of hydrogen-bond acceptors (Lipinski definition) is 3. The molecule has 2 aromatic carbocycles. The highest BCUT2D eigenvalue weighted by Gasteiger charge is 2.19. The molecule has 0 aromatic heterocycles. The maximum Gasteiger partial charge on any atom is 0.203 e.